The molecule has 100 valence electrons. The number of amides is 1. The minimum absolute atomic E-state index is 0.0264. The monoisotopic (exact) mass is 258 g/mol. The lowest BCUT2D eigenvalue weighted by Crippen LogP contribution is -2.45. The molecule has 19 heavy (non-hydrogen) atoms. The van der Waals surface area contributed by atoms with Gasteiger partial charge in [0, 0.05) is 19.0 Å². The summed E-state index contributed by atoms with van der Waals surface area (Å²) in [4.78, 5) is 14.2. The van der Waals surface area contributed by atoms with Gasteiger partial charge in [0.25, 0.3) is 5.91 Å². The first-order chi connectivity index (χ1) is 9.13. The van der Waals surface area contributed by atoms with Crippen molar-refractivity contribution >= 4 is 5.91 Å². The fourth-order valence-electron chi connectivity index (χ4n) is 2.30. The van der Waals surface area contributed by atoms with E-state index in [2.05, 4.69) is 6.07 Å². The van der Waals surface area contributed by atoms with Crippen molar-refractivity contribution in [2.75, 3.05) is 6.54 Å². The third kappa shape index (κ3) is 2.87. The Labute approximate surface area is 113 Å². The molecular weight excluding hydrogens is 240 g/mol. The molecule has 0 saturated heterocycles. The van der Waals surface area contributed by atoms with Crippen LogP contribution in [0, 0.1) is 11.3 Å². The lowest BCUT2D eigenvalue weighted by Gasteiger charge is -2.28. The number of benzene rings is 1. The molecule has 1 aromatic carbocycles. The maximum atomic E-state index is 12.5. The van der Waals surface area contributed by atoms with Crippen LogP contribution >= 0.6 is 0 Å². The third-order valence-electron chi connectivity index (χ3n) is 3.29. The molecule has 0 radical (unpaired) electrons. The van der Waals surface area contributed by atoms with Crippen molar-refractivity contribution in [1.29, 1.82) is 5.26 Å². The van der Waals surface area contributed by atoms with Crippen molar-refractivity contribution in [1.82, 2.24) is 4.90 Å². The van der Waals surface area contributed by atoms with Gasteiger partial charge in [0.1, 0.15) is 5.75 Å². The molecule has 0 fully saturated rings. The van der Waals surface area contributed by atoms with E-state index in [9.17, 15) is 4.79 Å². The zero-order valence-electron chi connectivity index (χ0n) is 11.3. The van der Waals surface area contributed by atoms with Crippen molar-refractivity contribution in [2.24, 2.45) is 0 Å². The molecule has 1 atom stereocenters. The number of rotatable bonds is 4. The first kappa shape index (κ1) is 13.4. The second-order valence-electron chi connectivity index (χ2n) is 4.95. The van der Waals surface area contributed by atoms with Gasteiger partial charge in [-0.25, -0.2) is 0 Å². The summed E-state index contributed by atoms with van der Waals surface area (Å²) in [5, 5.41) is 8.67. The summed E-state index contributed by atoms with van der Waals surface area (Å²) in [6.45, 7) is 4.37. The van der Waals surface area contributed by atoms with Crippen LogP contribution < -0.4 is 4.74 Å². The van der Waals surface area contributed by atoms with Gasteiger partial charge in [-0.05, 0) is 25.5 Å². The van der Waals surface area contributed by atoms with Gasteiger partial charge in [-0.2, -0.15) is 5.26 Å². The fourth-order valence-corrected chi connectivity index (χ4v) is 2.30. The molecular formula is C15H18N2O2. The van der Waals surface area contributed by atoms with Crippen LogP contribution in [0.25, 0.3) is 0 Å². The van der Waals surface area contributed by atoms with Gasteiger partial charge in [0.05, 0.1) is 12.5 Å². The number of ether oxygens (including phenoxy) is 1. The Morgan fingerprint density at radius 3 is 2.89 bits per heavy atom. The number of fused-ring (bicyclic) bond motifs is 1. The van der Waals surface area contributed by atoms with Crippen LogP contribution in [-0.4, -0.2) is 29.5 Å². The fraction of sp³-hybridized carbons (Fsp3) is 0.467. The van der Waals surface area contributed by atoms with E-state index < -0.39 is 6.10 Å². The Kier molecular flexibility index (Phi) is 4.06. The summed E-state index contributed by atoms with van der Waals surface area (Å²) < 4.78 is 5.71. The molecule has 1 amide bonds. The lowest BCUT2D eigenvalue weighted by atomic mass is 10.1. The predicted molar refractivity (Wildman–Crippen MR) is 71.6 cm³/mol. The van der Waals surface area contributed by atoms with Crippen molar-refractivity contribution < 1.29 is 9.53 Å². The Bertz CT molecular complexity index is 480. The zero-order chi connectivity index (χ0) is 13.8. The van der Waals surface area contributed by atoms with Gasteiger partial charge in [-0.1, -0.05) is 18.2 Å². The van der Waals surface area contributed by atoms with E-state index >= 15 is 0 Å². The highest BCUT2D eigenvalue weighted by Crippen LogP contribution is 2.29. The van der Waals surface area contributed by atoms with Crippen LogP contribution in [0.2, 0.25) is 0 Å². The highest BCUT2D eigenvalue weighted by molar-refractivity contribution is 5.83. The molecule has 2 rings (SSSR count). The molecule has 1 aliphatic heterocycles. The van der Waals surface area contributed by atoms with E-state index in [4.69, 9.17) is 10.00 Å². The van der Waals surface area contributed by atoms with Crippen LogP contribution in [-0.2, 0) is 11.2 Å². The molecule has 4 heteroatoms. The maximum absolute atomic E-state index is 12.5. The Morgan fingerprint density at radius 2 is 2.26 bits per heavy atom. The Morgan fingerprint density at radius 1 is 1.53 bits per heavy atom. The molecule has 0 N–H and O–H groups in total. The molecule has 0 spiro atoms. The van der Waals surface area contributed by atoms with Gasteiger partial charge >= 0.3 is 0 Å². The molecule has 1 unspecified atom stereocenters. The second kappa shape index (κ2) is 5.75. The van der Waals surface area contributed by atoms with Gasteiger partial charge in [0.15, 0.2) is 6.10 Å². The molecule has 0 bridgehead atoms. The van der Waals surface area contributed by atoms with E-state index in [1.54, 1.807) is 4.90 Å². The number of hydrogen-bond acceptors (Lipinski definition) is 3. The Balaban J connectivity index is 2.06. The molecule has 0 aliphatic carbocycles. The highest BCUT2D eigenvalue weighted by atomic mass is 16.5. The molecule has 1 aliphatic rings. The number of para-hydroxylation sites is 1. The average molecular weight is 258 g/mol. The molecule has 1 heterocycles. The van der Waals surface area contributed by atoms with Crippen molar-refractivity contribution in [2.45, 2.75) is 38.8 Å². The molecule has 4 nitrogen and oxygen atoms in total. The smallest absolute Gasteiger partial charge is 0.264 e. The molecule has 0 saturated carbocycles. The summed E-state index contributed by atoms with van der Waals surface area (Å²) in [5.41, 5.74) is 1.07. The van der Waals surface area contributed by atoms with E-state index in [1.165, 1.54) is 0 Å². The van der Waals surface area contributed by atoms with Crippen LogP contribution in [0.15, 0.2) is 24.3 Å². The number of nitrogens with zero attached hydrogens (tertiary/aromatic N) is 2. The standard InChI is InChI=1S/C15H18N2O2/c1-11(2)17(9-5-8-16)15(18)14-10-12-6-3-4-7-13(12)19-14/h3-4,6-7,11,14H,5,9-10H2,1-2H3. The summed E-state index contributed by atoms with van der Waals surface area (Å²) >= 11 is 0. The zero-order valence-corrected chi connectivity index (χ0v) is 11.3. The topological polar surface area (TPSA) is 53.3 Å². The van der Waals surface area contributed by atoms with Crippen LogP contribution in [0.4, 0.5) is 0 Å². The SMILES string of the molecule is CC(C)N(CCC#N)C(=O)C1Cc2ccccc2O1. The number of carbonyl (C=O) groups excluding carboxylic acids is 1. The molecule has 0 aromatic heterocycles. The van der Waals surface area contributed by atoms with Crippen LogP contribution in [0.1, 0.15) is 25.8 Å². The van der Waals surface area contributed by atoms with Crippen LogP contribution in [0.3, 0.4) is 0 Å². The quantitative estimate of drug-likeness (QED) is 0.831. The van der Waals surface area contributed by atoms with Crippen LogP contribution in [0.5, 0.6) is 5.75 Å². The number of nitriles is 1. The Hall–Kier alpha value is -2.02. The van der Waals surface area contributed by atoms with E-state index in [-0.39, 0.29) is 11.9 Å². The summed E-state index contributed by atoms with van der Waals surface area (Å²) in [6, 6.07) is 9.88. The minimum Gasteiger partial charge on any atom is -0.480 e. The van der Waals surface area contributed by atoms with Gasteiger partial charge in [-0.15, -0.1) is 0 Å². The van der Waals surface area contributed by atoms with Crippen molar-refractivity contribution in [3.63, 3.8) is 0 Å². The summed E-state index contributed by atoms with van der Waals surface area (Å²) in [5.74, 6) is 0.770. The summed E-state index contributed by atoms with van der Waals surface area (Å²) in [6.07, 6.45) is 0.521. The minimum atomic E-state index is -0.446. The lowest BCUT2D eigenvalue weighted by molar-refractivity contribution is -0.139. The first-order valence-electron chi connectivity index (χ1n) is 6.55. The highest BCUT2D eigenvalue weighted by Gasteiger charge is 2.32. The van der Waals surface area contributed by atoms with E-state index in [0.717, 1.165) is 11.3 Å². The normalized spacial score (nSPS) is 16.6. The second-order valence-corrected chi connectivity index (χ2v) is 4.95. The number of carbonyl (C=O) groups is 1. The largest absolute Gasteiger partial charge is 0.480 e. The average Bonchev–Trinajstić information content (AvgIpc) is 2.82. The van der Waals surface area contributed by atoms with E-state index in [0.29, 0.717) is 19.4 Å². The maximum Gasteiger partial charge on any atom is 0.264 e. The predicted octanol–water partition coefficient (Wildman–Crippen LogP) is 2.14. The first-order valence-corrected chi connectivity index (χ1v) is 6.55. The van der Waals surface area contributed by atoms with Crippen molar-refractivity contribution in [3.8, 4) is 11.8 Å². The summed E-state index contributed by atoms with van der Waals surface area (Å²) in [7, 11) is 0. The van der Waals surface area contributed by atoms with Gasteiger partial charge < -0.3 is 9.64 Å². The van der Waals surface area contributed by atoms with Crippen molar-refractivity contribution in [3.05, 3.63) is 29.8 Å². The molecule has 1 aromatic rings. The van der Waals surface area contributed by atoms with Gasteiger partial charge in [0.2, 0.25) is 0 Å². The van der Waals surface area contributed by atoms with Gasteiger partial charge in [-0.3, -0.25) is 4.79 Å². The third-order valence-corrected chi connectivity index (χ3v) is 3.29. The number of hydrogen-bond donors (Lipinski definition) is 0. The van der Waals surface area contributed by atoms with E-state index in [1.807, 2.05) is 38.1 Å².